The van der Waals surface area contributed by atoms with Crippen molar-refractivity contribution in [3.63, 3.8) is 0 Å². The fraction of sp³-hybridized carbons (Fsp3) is 0.143. The van der Waals surface area contributed by atoms with Crippen LogP contribution in [0.5, 0.6) is 69.0 Å². The van der Waals surface area contributed by atoms with E-state index in [1.165, 1.54) is 0 Å². The van der Waals surface area contributed by atoms with E-state index in [1.54, 1.807) is 0 Å². The minimum Gasteiger partial charge on any atom is -0.273 e. The van der Waals surface area contributed by atoms with E-state index in [4.69, 9.17) is 54.3 Å². The second kappa shape index (κ2) is 40.0. The van der Waals surface area contributed by atoms with Crippen molar-refractivity contribution in [2.45, 2.75) is 83.1 Å². The zero-order chi connectivity index (χ0) is 70.6. The van der Waals surface area contributed by atoms with Gasteiger partial charge in [-0.1, -0.05) is 218 Å². The molecule has 0 bridgehead atoms. The van der Waals surface area contributed by atoms with E-state index in [1.807, 2.05) is 374 Å². The number of benzene rings is 12. The molecule has 12 nitrogen and oxygen atoms in total. The number of rotatable bonds is 24. The Morgan fingerprint density at radius 3 is 0.267 bits per heavy atom. The van der Waals surface area contributed by atoms with Gasteiger partial charge in [0.15, 0.2) is 69.0 Å². The molecular formula is C84H88NiO12P4+4. The largest absolute Gasteiger partial charge is 0.528 e. The molecule has 101 heavy (non-hydrogen) atoms. The van der Waals surface area contributed by atoms with Crippen molar-refractivity contribution in [3.8, 4) is 69.0 Å². The van der Waals surface area contributed by atoms with Crippen molar-refractivity contribution in [2.24, 2.45) is 0 Å². The first-order valence-corrected chi connectivity index (χ1v) is 37.7. The predicted octanol–water partition coefficient (Wildman–Crippen LogP) is 24.4. The Balaban J connectivity index is 0.000000171. The Morgan fingerprint density at radius 2 is 0.198 bits per heavy atom. The fourth-order valence-electron chi connectivity index (χ4n) is 9.38. The minimum atomic E-state index is -2.07. The summed E-state index contributed by atoms with van der Waals surface area (Å²) in [6.07, 6.45) is 0. The van der Waals surface area contributed by atoms with E-state index >= 15 is 0 Å². The number of para-hydroxylation sites is 12. The summed E-state index contributed by atoms with van der Waals surface area (Å²) in [6, 6.07) is 94.5. The van der Waals surface area contributed by atoms with Gasteiger partial charge in [-0.15, -0.1) is 0 Å². The van der Waals surface area contributed by atoms with Gasteiger partial charge in [-0.2, -0.15) is 0 Å². The summed E-state index contributed by atoms with van der Waals surface area (Å²) in [7, 11) is -8.27. The molecule has 0 aromatic heterocycles. The Labute approximate surface area is 611 Å². The Hall–Kier alpha value is -9.55. The van der Waals surface area contributed by atoms with Crippen LogP contribution in [0.3, 0.4) is 0 Å². The molecule has 0 aliphatic heterocycles. The maximum Gasteiger partial charge on any atom is 0.528 e. The summed E-state index contributed by atoms with van der Waals surface area (Å²) in [5.74, 6) is 9.32. The second-order valence-corrected chi connectivity index (χ2v) is 27.9. The smallest absolute Gasteiger partial charge is 0.273 e. The Bertz CT molecular complexity index is 3520. The predicted molar refractivity (Wildman–Crippen MR) is 415 cm³/mol. The van der Waals surface area contributed by atoms with Crippen LogP contribution in [-0.4, -0.2) is 0 Å². The van der Waals surface area contributed by atoms with Crippen molar-refractivity contribution in [3.05, 3.63) is 358 Å². The van der Waals surface area contributed by atoms with Crippen LogP contribution in [0.15, 0.2) is 291 Å². The second-order valence-electron chi connectivity index (χ2n) is 23.4. The number of hydrogen-bond donors (Lipinski definition) is 0. The molecule has 0 heterocycles. The van der Waals surface area contributed by atoms with E-state index in [0.717, 1.165) is 136 Å². The van der Waals surface area contributed by atoms with Crippen molar-refractivity contribution in [2.75, 3.05) is 0 Å². The van der Waals surface area contributed by atoms with Crippen LogP contribution in [0.25, 0.3) is 0 Å². The van der Waals surface area contributed by atoms with Gasteiger partial charge in [-0.3, -0.25) is 54.3 Å². The first-order chi connectivity index (χ1) is 48.5. The number of hydrogen-bond acceptors (Lipinski definition) is 12. The molecule has 0 aliphatic rings. The molecule has 522 valence electrons. The summed E-state index contributed by atoms with van der Waals surface area (Å²) in [5.41, 5.74) is 12.6. The van der Waals surface area contributed by atoms with Crippen LogP contribution < -0.4 is 54.3 Å². The van der Waals surface area contributed by atoms with Crippen LogP contribution in [0.2, 0.25) is 0 Å². The minimum absolute atomic E-state index is 0. The zero-order valence-corrected chi connectivity index (χ0v) is 63.9. The van der Waals surface area contributed by atoms with Crippen molar-refractivity contribution >= 4 is 34.4 Å². The van der Waals surface area contributed by atoms with Gasteiger partial charge in [0, 0.05) is 16.5 Å². The first-order valence-electron chi connectivity index (χ1n) is 32.8. The van der Waals surface area contributed by atoms with Crippen molar-refractivity contribution in [1.29, 1.82) is 0 Å². The van der Waals surface area contributed by atoms with E-state index in [0.29, 0.717) is 0 Å². The van der Waals surface area contributed by atoms with Crippen LogP contribution >= 0.6 is 34.4 Å². The molecule has 0 spiro atoms. The van der Waals surface area contributed by atoms with Gasteiger partial charge in [0.1, 0.15) is 0 Å². The standard InChI is InChI=1S/4C21H22O3P.Ni/c4*1-16-10-4-7-13-19(16)22-25(23-20-14-8-5-11-17(20)2)24-21-15-9-6-12-18(21)3;/h4*4-15,25H,1-3H3;/q4*+1;. The molecule has 0 amide bonds. The molecule has 0 unspecified atom stereocenters. The fourth-order valence-corrected chi connectivity index (χ4v) is 14.8. The summed E-state index contributed by atoms with van der Waals surface area (Å²) >= 11 is 0. The molecule has 12 aromatic rings. The van der Waals surface area contributed by atoms with Crippen molar-refractivity contribution < 1.29 is 70.8 Å². The number of aryl methyl sites for hydroxylation is 12. The quantitative estimate of drug-likeness (QED) is 0.0424. The van der Waals surface area contributed by atoms with E-state index < -0.39 is 34.4 Å². The molecule has 0 saturated heterocycles. The van der Waals surface area contributed by atoms with Crippen LogP contribution in [-0.2, 0) is 16.5 Å². The van der Waals surface area contributed by atoms with E-state index in [9.17, 15) is 0 Å². The van der Waals surface area contributed by atoms with Gasteiger partial charge in [0.05, 0.1) is 0 Å². The molecule has 0 aliphatic carbocycles. The molecular weight excluding hydrogens is 1380 g/mol. The summed E-state index contributed by atoms with van der Waals surface area (Å²) < 4.78 is 73.4. The van der Waals surface area contributed by atoms with Gasteiger partial charge in [0.2, 0.25) is 0 Å². The average molecular weight is 1470 g/mol. The van der Waals surface area contributed by atoms with E-state index in [2.05, 4.69) is 0 Å². The summed E-state index contributed by atoms with van der Waals surface area (Å²) in [5, 5.41) is 0. The molecule has 12 aromatic carbocycles. The monoisotopic (exact) mass is 1470 g/mol. The van der Waals surface area contributed by atoms with Crippen LogP contribution in [0, 0.1) is 83.1 Å². The molecule has 0 saturated carbocycles. The molecule has 0 fully saturated rings. The summed E-state index contributed by atoms with van der Waals surface area (Å²) in [6.45, 7) is 24.1. The van der Waals surface area contributed by atoms with Crippen LogP contribution in [0.1, 0.15) is 66.8 Å². The third-order valence-electron chi connectivity index (χ3n) is 15.4. The molecule has 0 N–H and O–H groups in total. The van der Waals surface area contributed by atoms with Gasteiger partial charge in [-0.05, 0) is 223 Å². The normalized spacial score (nSPS) is 10.5. The summed E-state index contributed by atoms with van der Waals surface area (Å²) in [4.78, 5) is 0. The average Bonchev–Trinajstić information content (AvgIpc) is 0.888. The van der Waals surface area contributed by atoms with Gasteiger partial charge in [0.25, 0.3) is 0 Å². The third-order valence-corrected chi connectivity index (χ3v) is 20.1. The van der Waals surface area contributed by atoms with Crippen LogP contribution in [0.4, 0.5) is 0 Å². The SMILES string of the molecule is Cc1ccccc1O[PH+](Oc1ccccc1C)Oc1ccccc1C.Cc1ccccc1O[PH+](Oc1ccccc1C)Oc1ccccc1C.Cc1ccccc1O[PH+](Oc1ccccc1C)Oc1ccccc1C.Cc1ccccc1O[PH+](Oc1ccccc1C)Oc1ccccc1C.[Ni]. The molecule has 17 heteroatoms. The third kappa shape index (κ3) is 24.4. The van der Waals surface area contributed by atoms with E-state index in [-0.39, 0.29) is 16.5 Å². The van der Waals surface area contributed by atoms with Gasteiger partial charge < -0.3 is 0 Å². The maximum absolute atomic E-state index is 6.12. The topological polar surface area (TPSA) is 111 Å². The maximum atomic E-state index is 6.12. The Morgan fingerprint density at radius 1 is 0.129 bits per heavy atom. The molecule has 12 rings (SSSR count). The molecule has 0 atom stereocenters. The first kappa shape index (κ1) is 77.2. The van der Waals surface area contributed by atoms with Gasteiger partial charge >= 0.3 is 34.4 Å². The van der Waals surface area contributed by atoms with Crippen molar-refractivity contribution in [1.82, 2.24) is 0 Å². The van der Waals surface area contributed by atoms with Gasteiger partial charge in [-0.25, -0.2) is 0 Å². The Kier molecular flexibility index (Phi) is 30.6. The molecule has 0 radical (unpaired) electrons. The zero-order valence-electron chi connectivity index (χ0n) is 58.9.